The molecule has 0 radical (unpaired) electrons. The summed E-state index contributed by atoms with van der Waals surface area (Å²) < 4.78 is 22.8. The van der Waals surface area contributed by atoms with Crippen molar-refractivity contribution >= 4 is 12.4 Å². The fraction of sp³-hybridized carbons (Fsp3) is 1.00. The number of rotatable bonds is 3. The molecule has 0 amide bonds. The Morgan fingerprint density at radius 3 is 2.00 bits per heavy atom. The van der Waals surface area contributed by atoms with Crippen molar-refractivity contribution in [1.82, 2.24) is 0 Å². The van der Waals surface area contributed by atoms with Gasteiger partial charge in [-0.1, -0.05) is 0 Å². The SMILES string of the molecule is Cl.N[C@@H](CCO)C(F)F. The van der Waals surface area contributed by atoms with Gasteiger partial charge in [-0.25, -0.2) is 8.78 Å². The fourth-order valence-corrected chi connectivity index (χ4v) is 0.275. The van der Waals surface area contributed by atoms with Gasteiger partial charge in [-0.2, -0.15) is 0 Å². The molecule has 0 aromatic heterocycles. The Morgan fingerprint density at radius 2 is 1.89 bits per heavy atom. The van der Waals surface area contributed by atoms with Gasteiger partial charge in [0.25, 0.3) is 6.43 Å². The highest BCUT2D eigenvalue weighted by Crippen LogP contribution is 2.00. The first-order valence-electron chi connectivity index (χ1n) is 2.33. The number of hydrogen-bond donors (Lipinski definition) is 2. The molecule has 0 aromatic rings. The third kappa shape index (κ3) is 5.95. The van der Waals surface area contributed by atoms with Gasteiger partial charge in [0.2, 0.25) is 0 Å². The average molecular weight is 162 g/mol. The van der Waals surface area contributed by atoms with Crippen LogP contribution in [-0.2, 0) is 0 Å². The minimum atomic E-state index is -2.51. The van der Waals surface area contributed by atoms with Crippen molar-refractivity contribution in [2.45, 2.75) is 18.9 Å². The van der Waals surface area contributed by atoms with E-state index in [2.05, 4.69) is 0 Å². The molecule has 0 unspecified atom stereocenters. The summed E-state index contributed by atoms with van der Waals surface area (Å²) in [5.41, 5.74) is 4.82. The largest absolute Gasteiger partial charge is 0.396 e. The minimum absolute atomic E-state index is 0. The number of alkyl halides is 2. The Bertz CT molecular complexity index is 64.5. The van der Waals surface area contributed by atoms with Gasteiger partial charge in [-0.3, -0.25) is 0 Å². The topological polar surface area (TPSA) is 46.2 Å². The van der Waals surface area contributed by atoms with Crippen molar-refractivity contribution in [1.29, 1.82) is 0 Å². The van der Waals surface area contributed by atoms with E-state index in [1.165, 1.54) is 0 Å². The summed E-state index contributed by atoms with van der Waals surface area (Å²) in [6.07, 6.45) is -2.54. The highest BCUT2D eigenvalue weighted by Gasteiger charge is 2.12. The average Bonchev–Trinajstić information content (AvgIpc) is 1.67. The molecule has 0 fully saturated rings. The van der Waals surface area contributed by atoms with E-state index >= 15 is 0 Å². The molecule has 0 aromatic carbocycles. The van der Waals surface area contributed by atoms with Crippen LogP contribution in [0.15, 0.2) is 0 Å². The number of aliphatic hydroxyl groups excluding tert-OH is 1. The van der Waals surface area contributed by atoms with Crippen LogP contribution in [0.4, 0.5) is 8.78 Å². The monoisotopic (exact) mass is 161 g/mol. The van der Waals surface area contributed by atoms with Gasteiger partial charge in [-0.05, 0) is 6.42 Å². The highest BCUT2D eigenvalue weighted by atomic mass is 35.5. The zero-order valence-corrected chi connectivity index (χ0v) is 5.57. The van der Waals surface area contributed by atoms with Crippen molar-refractivity contribution in [3.63, 3.8) is 0 Å². The summed E-state index contributed by atoms with van der Waals surface area (Å²) in [4.78, 5) is 0. The first-order valence-corrected chi connectivity index (χ1v) is 2.33. The highest BCUT2D eigenvalue weighted by molar-refractivity contribution is 5.85. The van der Waals surface area contributed by atoms with Crippen molar-refractivity contribution < 1.29 is 13.9 Å². The lowest BCUT2D eigenvalue weighted by molar-refractivity contribution is 0.101. The molecule has 0 saturated carbocycles. The smallest absolute Gasteiger partial charge is 0.253 e. The zero-order valence-electron chi connectivity index (χ0n) is 4.76. The number of hydrogen-bond acceptors (Lipinski definition) is 2. The van der Waals surface area contributed by atoms with Gasteiger partial charge in [0.15, 0.2) is 0 Å². The maximum Gasteiger partial charge on any atom is 0.253 e. The number of nitrogens with two attached hydrogens (primary N) is 1. The molecule has 0 heterocycles. The van der Waals surface area contributed by atoms with Crippen molar-refractivity contribution in [2.75, 3.05) is 6.61 Å². The number of halogens is 3. The second-order valence-corrected chi connectivity index (χ2v) is 1.51. The summed E-state index contributed by atoms with van der Waals surface area (Å²) in [7, 11) is 0. The van der Waals surface area contributed by atoms with Crippen LogP contribution in [0.25, 0.3) is 0 Å². The molecule has 0 aliphatic carbocycles. The van der Waals surface area contributed by atoms with Crippen LogP contribution < -0.4 is 5.73 Å². The summed E-state index contributed by atoms with van der Waals surface area (Å²) in [6.45, 7) is -0.272. The molecule has 3 N–H and O–H groups in total. The van der Waals surface area contributed by atoms with Crippen molar-refractivity contribution in [3.05, 3.63) is 0 Å². The van der Waals surface area contributed by atoms with Crippen LogP contribution >= 0.6 is 12.4 Å². The second-order valence-electron chi connectivity index (χ2n) is 1.51. The van der Waals surface area contributed by atoms with E-state index in [9.17, 15) is 8.78 Å². The molecule has 1 atom stereocenters. The molecule has 58 valence electrons. The molecular formula is C4H10ClF2NO. The molecule has 0 aliphatic heterocycles. The molecule has 2 nitrogen and oxygen atoms in total. The van der Waals surface area contributed by atoms with Gasteiger partial charge < -0.3 is 10.8 Å². The van der Waals surface area contributed by atoms with E-state index in [1.54, 1.807) is 0 Å². The Morgan fingerprint density at radius 1 is 1.44 bits per heavy atom. The summed E-state index contributed by atoms with van der Waals surface area (Å²) in [6, 6.07) is -1.17. The lowest BCUT2D eigenvalue weighted by Crippen LogP contribution is -2.29. The molecule has 9 heavy (non-hydrogen) atoms. The van der Waals surface area contributed by atoms with Gasteiger partial charge in [-0.15, -0.1) is 12.4 Å². The van der Waals surface area contributed by atoms with Gasteiger partial charge in [0.05, 0.1) is 6.04 Å². The van der Waals surface area contributed by atoms with Crippen LogP contribution in [0.5, 0.6) is 0 Å². The van der Waals surface area contributed by atoms with E-state index in [-0.39, 0.29) is 25.4 Å². The van der Waals surface area contributed by atoms with Crippen LogP contribution in [0, 0.1) is 0 Å². The Labute approximate surface area is 58.5 Å². The maximum atomic E-state index is 11.4. The summed E-state index contributed by atoms with van der Waals surface area (Å²) in [5.74, 6) is 0. The van der Waals surface area contributed by atoms with E-state index in [0.29, 0.717) is 0 Å². The molecule has 5 heteroatoms. The third-order valence-corrected chi connectivity index (χ3v) is 0.786. The van der Waals surface area contributed by atoms with Crippen LogP contribution in [-0.4, -0.2) is 24.2 Å². The van der Waals surface area contributed by atoms with Gasteiger partial charge >= 0.3 is 0 Å². The Kier molecular flexibility index (Phi) is 8.13. The van der Waals surface area contributed by atoms with E-state index in [4.69, 9.17) is 10.8 Å². The molecule has 0 saturated heterocycles. The van der Waals surface area contributed by atoms with Gasteiger partial charge in [0, 0.05) is 6.61 Å². The molecule has 0 rings (SSSR count). The lowest BCUT2D eigenvalue weighted by Gasteiger charge is -2.05. The minimum Gasteiger partial charge on any atom is -0.396 e. The fourth-order valence-electron chi connectivity index (χ4n) is 0.275. The van der Waals surface area contributed by atoms with E-state index in [1.807, 2.05) is 0 Å². The van der Waals surface area contributed by atoms with E-state index in [0.717, 1.165) is 0 Å². The summed E-state index contributed by atoms with van der Waals surface area (Å²) in [5, 5.41) is 8.07. The Balaban J connectivity index is 0. The van der Waals surface area contributed by atoms with Gasteiger partial charge in [0.1, 0.15) is 0 Å². The summed E-state index contributed by atoms with van der Waals surface area (Å²) >= 11 is 0. The lowest BCUT2D eigenvalue weighted by atomic mass is 10.2. The third-order valence-electron chi connectivity index (χ3n) is 0.786. The molecule has 0 spiro atoms. The first-order chi connectivity index (χ1) is 3.68. The van der Waals surface area contributed by atoms with Crippen LogP contribution in [0.1, 0.15) is 6.42 Å². The maximum absolute atomic E-state index is 11.4. The quantitative estimate of drug-likeness (QED) is 0.629. The first kappa shape index (κ1) is 11.8. The second kappa shape index (κ2) is 6.19. The standard InChI is InChI=1S/C4H9F2NO.ClH/c5-4(6)3(7)1-2-8;/h3-4,8H,1-2,7H2;1H/t3-;/m0./s1. The molecule has 0 aliphatic rings. The van der Waals surface area contributed by atoms with Crippen LogP contribution in [0.2, 0.25) is 0 Å². The zero-order chi connectivity index (χ0) is 6.57. The normalized spacial score (nSPS) is 13.0. The van der Waals surface area contributed by atoms with E-state index < -0.39 is 12.5 Å². The Hall–Kier alpha value is 0.0700. The van der Waals surface area contributed by atoms with Crippen molar-refractivity contribution in [3.8, 4) is 0 Å². The van der Waals surface area contributed by atoms with Crippen LogP contribution in [0.3, 0.4) is 0 Å². The van der Waals surface area contributed by atoms with Crippen molar-refractivity contribution in [2.24, 2.45) is 5.73 Å². The number of aliphatic hydroxyl groups is 1. The molecule has 0 bridgehead atoms. The predicted octanol–water partition coefficient (Wildman–Crippen LogP) is 0.383. The predicted molar refractivity (Wildman–Crippen MR) is 32.9 cm³/mol. The molecular weight excluding hydrogens is 151 g/mol.